The molecule has 1 aliphatic carbocycles. The summed E-state index contributed by atoms with van der Waals surface area (Å²) in [6, 6.07) is 13.5. The van der Waals surface area contributed by atoms with Gasteiger partial charge >= 0.3 is 0 Å². The summed E-state index contributed by atoms with van der Waals surface area (Å²) in [5, 5.41) is 6.19. The number of benzene rings is 2. The fraction of sp³-hybridized carbons (Fsp3) is 0.448. The monoisotopic (exact) mass is 445 g/mol. The topological polar surface area (TPSA) is 18.5 Å². The Morgan fingerprint density at radius 2 is 1.88 bits per heavy atom. The maximum absolute atomic E-state index is 12.9. The molecule has 3 nitrogen and oxygen atoms in total. The molecule has 2 aliphatic heterocycles. The van der Waals surface area contributed by atoms with Gasteiger partial charge in [-0.15, -0.1) is 0 Å². The number of hydrogen-bond donors (Lipinski definition) is 1. The molecule has 1 unspecified atom stereocenters. The van der Waals surface area contributed by atoms with Gasteiger partial charge in [-0.2, -0.15) is 0 Å². The molecule has 5 rings (SSSR count). The molecule has 0 amide bonds. The second-order valence-corrected chi connectivity index (χ2v) is 9.71. The number of allylic oxidation sites excluding steroid dienone is 4. The Balaban J connectivity index is 1.37. The summed E-state index contributed by atoms with van der Waals surface area (Å²) < 4.78 is 12.9. The van der Waals surface area contributed by atoms with Crippen LogP contribution in [0, 0.1) is 5.92 Å². The normalized spacial score (nSPS) is 22.2. The number of likely N-dealkylation sites (tertiary alicyclic amines) is 2. The number of nitrogens with one attached hydrogen (secondary N) is 1. The molecular formula is C29H36FN3. The van der Waals surface area contributed by atoms with E-state index in [-0.39, 0.29) is 6.67 Å². The molecule has 2 aromatic rings. The van der Waals surface area contributed by atoms with Crippen molar-refractivity contribution in [3.8, 4) is 0 Å². The number of anilines is 1. The molecule has 33 heavy (non-hydrogen) atoms. The van der Waals surface area contributed by atoms with Gasteiger partial charge in [0.25, 0.3) is 0 Å². The zero-order valence-corrected chi connectivity index (χ0v) is 19.8. The van der Waals surface area contributed by atoms with Crippen molar-refractivity contribution in [2.24, 2.45) is 5.92 Å². The molecule has 4 heteroatoms. The smallest absolute Gasteiger partial charge is 0.102 e. The highest BCUT2D eigenvalue weighted by atomic mass is 19.1. The molecule has 2 aromatic carbocycles. The maximum Gasteiger partial charge on any atom is 0.102 e. The van der Waals surface area contributed by atoms with Crippen molar-refractivity contribution < 1.29 is 4.39 Å². The van der Waals surface area contributed by atoms with Crippen molar-refractivity contribution in [3.05, 3.63) is 71.5 Å². The number of halogens is 1. The fourth-order valence-electron chi connectivity index (χ4n) is 5.58. The van der Waals surface area contributed by atoms with Gasteiger partial charge in [0.05, 0.1) is 0 Å². The highest BCUT2D eigenvalue weighted by Crippen LogP contribution is 2.38. The molecule has 0 bridgehead atoms. The van der Waals surface area contributed by atoms with Crippen molar-refractivity contribution in [1.82, 2.24) is 9.80 Å². The summed E-state index contributed by atoms with van der Waals surface area (Å²) in [5.74, 6) is 0.520. The van der Waals surface area contributed by atoms with Gasteiger partial charge in [-0.3, -0.25) is 9.80 Å². The van der Waals surface area contributed by atoms with Crippen molar-refractivity contribution in [2.75, 3.05) is 51.3 Å². The number of hydrogen-bond acceptors (Lipinski definition) is 3. The summed E-state index contributed by atoms with van der Waals surface area (Å²) in [6.07, 6.45) is 11.9. The van der Waals surface area contributed by atoms with Crippen molar-refractivity contribution >= 4 is 22.0 Å². The van der Waals surface area contributed by atoms with Crippen LogP contribution in [0.15, 0.2) is 65.9 Å². The van der Waals surface area contributed by atoms with E-state index < -0.39 is 0 Å². The lowest BCUT2D eigenvalue weighted by atomic mass is 9.90. The van der Waals surface area contributed by atoms with Crippen LogP contribution in [0.25, 0.3) is 16.3 Å². The van der Waals surface area contributed by atoms with Gasteiger partial charge in [0, 0.05) is 36.9 Å². The van der Waals surface area contributed by atoms with Gasteiger partial charge in [0.1, 0.15) is 6.67 Å². The van der Waals surface area contributed by atoms with E-state index in [1.807, 2.05) is 0 Å². The zero-order valence-electron chi connectivity index (χ0n) is 19.8. The largest absolute Gasteiger partial charge is 0.358 e. The molecule has 2 heterocycles. The van der Waals surface area contributed by atoms with Gasteiger partial charge in [-0.1, -0.05) is 42.8 Å². The Morgan fingerprint density at radius 3 is 2.70 bits per heavy atom. The number of rotatable bonds is 7. The summed E-state index contributed by atoms with van der Waals surface area (Å²) in [7, 11) is 0. The second kappa shape index (κ2) is 10.2. The van der Waals surface area contributed by atoms with Crippen molar-refractivity contribution in [2.45, 2.75) is 32.6 Å². The Morgan fingerprint density at radius 1 is 1.03 bits per heavy atom. The van der Waals surface area contributed by atoms with Gasteiger partial charge in [0.2, 0.25) is 0 Å². The molecule has 0 saturated carbocycles. The van der Waals surface area contributed by atoms with Crippen LogP contribution in [0.3, 0.4) is 0 Å². The first kappa shape index (κ1) is 22.4. The third-order valence-corrected chi connectivity index (χ3v) is 7.49. The first-order valence-corrected chi connectivity index (χ1v) is 12.6. The number of alkyl halides is 1. The van der Waals surface area contributed by atoms with E-state index in [0.29, 0.717) is 12.5 Å². The molecule has 1 atom stereocenters. The van der Waals surface area contributed by atoms with Gasteiger partial charge in [-0.05, 0) is 91.5 Å². The average molecular weight is 446 g/mol. The zero-order chi connectivity index (χ0) is 22.6. The SMILES string of the molecule is C/C=C(/CN1CCCCC1)Nc1ccc2ccc(C3=C4CN(CCF)CCC4C=C3)cc2c1. The second-order valence-electron chi connectivity index (χ2n) is 9.71. The molecule has 1 N–H and O–H groups in total. The minimum absolute atomic E-state index is 0.265. The predicted molar refractivity (Wildman–Crippen MR) is 138 cm³/mol. The average Bonchev–Trinajstić information content (AvgIpc) is 3.27. The highest BCUT2D eigenvalue weighted by molar-refractivity contribution is 5.91. The molecule has 0 spiro atoms. The Hall–Kier alpha value is -2.43. The number of piperidine rings is 2. The maximum atomic E-state index is 12.9. The fourth-order valence-corrected chi connectivity index (χ4v) is 5.58. The molecule has 174 valence electrons. The Labute approximate surface area is 197 Å². The third-order valence-electron chi connectivity index (χ3n) is 7.49. The minimum Gasteiger partial charge on any atom is -0.358 e. The van der Waals surface area contributed by atoms with Crippen molar-refractivity contribution in [1.29, 1.82) is 0 Å². The van der Waals surface area contributed by atoms with E-state index in [1.165, 1.54) is 65.5 Å². The van der Waals surface area contributed by atoms with Crippen molar-refractivity contribution in [3.63, 3.8) is 0 Å². The van der Waals surface area contributed by atoms with Crippen LogP contribution in [0.5, 0.6) is 0 Å². The van der Waals surface area contributed by atoms with Crippen LogP contribution in [0.1, 0.15) is 38.2 Å². The third kappa shape index (κ3) is 5.07. The molecule has 0 aromatic heterocycles. The van der Waals surface area contributed by atoms with E-state index in [1.54, 1.807) is 0 Å². The van der Waals surface area contributed by atoms with E-state index in [2.05, 4.69) is 76.7 Å². The van der Waals surface area contributed by atoms with Gasteiger partial charge < -0.3 is 5.32 Å². The summed E-state index contributed by atoms with van der Waals surface area (Å²) in [4.78, 5) is 4.81. The highest BCUT2D eigenvalue weighted by Gasteiger charge is 2.27. The van der Waals surface area contributed by atoms with Gasteiger partial charge in [0.15, 0.2) is 0 Å². The molecule has 3 aliphatic rings. The van der Waals surface area contributed by atoms with E-state index in [0.717, 1.165) is 31.7 Å². The molecule has 0 radical (unpaired) electrons. The Bertz CT molecular complexity index is 1080. The lowest BCUT2D eigenvalue weighted by Gasteiger charge is -2.31. The van der Waals surface area contributed by atoms with E-state index in [4.69, 9.17) is 0 Å². The van der Waals surface area contributed by atoms with E-state index in [9.17, 15) is 4.39 Å². The number of nitrogens with zero attached hydrogens (tertiary/aromatic N) is 2. The first-order valence-electron chi connectivity index (χ1n) is 12.6. The quantitative estimate of drug-likeness (QED) is 0.543. The number of fused-ring (bicyclic) bond motifs is 2. The molecule has 2 fully saturated rings. The summed E-state index contributed by atoms with van der Waals surface area (Å²) >= 11 is 0. The van der Waals surface area contributed by atoms with Crippen LogP contribution in [-0.2, 0) is 0 Å². The van der Waals surface area contributed by atoms with Crippen LogP contribution in [0.4, 0.5) is 10.1 Å². The summed E-state index contributed by atoms with van der Waals surface area (Å²) in [6.45, 7) is 7.68. The van der Waals surface area contributed by atoms with Gasteiger partial charge in [-0.25, -0.2) is 4.39 Å². The molecule has 2 saturated heterocycles. The van der Waals surface area contributed by atoms with Crippen LogP contribution < -0.4 is 5.32 Å². The lowest BCUT2D eigenvalue weighted by molar-refractivity contribution is 0.229. The van der Waals surface area contributed by atoms with Crippen LogP contribution in [0.2, 0.25) is 0 Å². The Kier molecular flexibility index (Phi) is 6.93. The van der Waals surface area contributed by atoms with Crippen LogP contribution in [-0.4, -0.2) is 55.7 Å². The van der Waals surface area contributed by atoms with E-state index >= 15 is 0 Å². The van der Waals surface area contributed by atoms with Crippen LogP contribution >= 0.6 is 0 Å². The first-order chi connectivity index (χ1) is 16.2. The minimum atomic E-state index is -0.265. The standard InChI is InChI=1S/C29H36FN3/c1-2-26(20-32-14-4-3-5-15-32)31-27-10-8-22-6-7-24(18-25(22)19-27)28-11-9-23-12-16-33(17-13-30)21-29(23)28/h2,6-11,18-19,23,31H,3-5,12-17,20-21H2,1H3/b26-2-. The molecular weight excluding hydrogens is 409 g/mol. The summed E-state index contributed by atoms with van der Waals surface area (Å²) in [5.41, 5.74) is 6.49. The predicted octanol–water partition coefficient (Wildman–Crippen LogP) is 6.26. The lowest BCUT2D eigenvalue weighted by Crippen LogP contribution is -2.36.